The Balaban J connectivity index is 2.26. The summed E-state index contributed by atoms with van der Waals surface area (Å²) in [7, 11) is -2.41. The van der Waals surface area contributed by atoms with Gasteiger partial charge in [0, 0.05) is 6.10 Å². The van der Waals surface area contributed by atoms with Gasteiger partial charge in [0.2, 0.25) is 0 Å². The third-order valence-corrected chi connectivity index (χ3v) is 11.0. The van der Waals surface area contributed by atoms with Gasteiger partial charge in [-0.15, -0.1) is 0 Å². The summed E-state index contributed by atoms with van der Waals surface area (Å²) in [6.07, 6.45) is 8.59. The summed E-state index contributed by atoms with van der Waals surface area (Å²) in [6.45, 7) is 9.32. The fourth-order valence-corrected chi connectivity index (χ4v) is 9.08. The molecule has 0 amide bonds. The van der Waals surface area contributed by atoms with Crippen molar-refractivity contribution in [2.24, 2.45) is 0 Å². The molecule has 0 aromatic heterocycles. The maximum absolute atomic E-state index is 7.13. The van der Waals surface area contributed by atoms with E-state index in [2.05, 4.69) is 121 Å². The van der Waals surface area contributed by atoms with Gasteiger partial charge in [-0.05, 0) is 45.7 Å². The van der Waals surface area contributed by atoms with E-state index >= 15 is 0 Å². The maximum atomic E-state index is 7.13. The van der Waals surface area contributed by atoms with E-state index in [0.717, 1.165) is 6.42 Å². The summed E-state index contributed by atoms with van der Waals surface area (Å²) < 4.78 is 9.24. The van der Waals surface area contributed by atoms with Gasteiger partial charge in [-0.25, -0.2) is 0 Å². The molecule has 0 saturated carbocycles. The van der Waals surface area contributed by atoms with Crippen molar-refractivity contribution < 1.29 is 4.43 Å². The van der Waals surface area contributed by atoms with Crippen LogP contribution in [0.5, 0.6) is 0 Å². The zero-order valence-corrected chi connectivity index (χ0v) is 21.0. The molecule has 1 nitrogen and oxygen atoms in total. The highest BCUT2D eigenvalue weighted by molar-refractivity contribution is 14.1. The van der Waals surface area contributed by atoms with Crippen LogP contribution in [-0.2, 0) is 4.43 Å². The fourth-order valence-electron chi connectivity index (χ4n) is 3.99. The first-order chi connectivity index (χ1) is 13.4. The van der Waals surface area contributed by atoms with Crippen molar-refractivity contribution in [1.29, 1.82) is 0 Å². The van der Waals surface area contributed by atoms with Crippen LogP contribution in [0.1, 0.15) is 59.8 Å². The lowest BCUT2D eigenvalue weighted by molar-refractivity contribution is 0.192. The van der Waals surface area contributed by atoms with Crippen molar-refractivity contribution in [2.45, 2.75) is 70.9 Å². The molecule has 2 rings (SSSR count). The minimum atomic E-state index is -2.41. The van der Waals surface area contributed by atoms with Gasteiger partial charge in [0.05, 0.1) is 0 Å². The molecule has 2 aromatic carbocycles. The van der Waals surface area contributed by atoms with Gasteiger partial charge in [0.1, 0.15) is 0 Å². The molecule has 0 spiro atoms. The van der Waals surface area contributed by atoms with Gasteiger partial charge in [-0.1, -0.05) is 123 Å². The SMILES string of the molecule is C[C@H](CCCCC/C=C/I)O[Si](c1ccccc1)(c1ccccc1)C(C)(C)C. The van der Waals surface area contributed by atoms with Crippen LogP contribution in [0.2, 0.25) is 5.04 Å². The van der Waals surface area contributed by atoms with Crippen LogP contribution >= 0.6 is 22.6 Å². The van der Waals surface area contributed by atoms with Crippen LogP contribution in [0.15, 0.2) is 70.8 Å². The highest BCUT2D eigenvalue weighted by atomic mass is 127. The van der Waals surface area contributed by atoms with Gasteiger partial charge >= 0.3 is 0 Å². The van der Waals surface area contributed by atoms with Crippen molar-refractivity contribution in [3.8, 4) is 0 Å². The van der Waals surface area contributed by atoms with Crippen molar-refractivity contribution in [1.82, 2.24) is 0 Å². The summed E-state index contributed by atoms with van der Waals surface area (Å²) in [5.41, 5.74) is 0. The first kappa shape index (κ1) is 23.4. The van der Waals surface area contributed by atoms with E-state index in [-0.39, 0.29) is 11.1 Å². The molecule has 0 heterocycles. The molecule has 0 aliphatic rings. The van der Waals surface area contributed by atoms with Crippen LogP contribution < -0.4 is 10.4 Å². The molecule has 152 valence electrons. The molecule has 3 heteroatoms. The third-order valence-electron chi connectivity index (χ3n) is 5.37. The second kappa shape index (κ2) is 11.3. The molecule has 0 saturated heterocycles. The van der Waals surface area contributed by atoms with Gasteiger partial charge < -0.3 is 4.43 Å². The lowest BCUT2D eigenvalue weighted by atomic mass is 10.1. The van der Waals surface area contributed by atoms with Crippen LogP contribution in [0.4, 0.5) is 0 Å². The predicted molar refractivity (Wildman–Crippen MR) is 134 cm³/mol. The van der Waals surface area contributed by atoms with E-state index in [4.69, 9.17) is 4.43 Å². The molecule has 0 N–H and O–H groups in total. The number of unbranched alkanes of at least 4 members (excludes halogenated alkanes) is 3. The molecule has 0 radical (unpaired) electrons. The zero-order valence-electron chi connectivity index (χ0n) is 17.8. The standard InChI is InChI=1S/C25H35IOSi/c1-22(16-10-6-5-7-15-21-26)27-28(25(2,3)4,23-17-11-8-12-18-23)24-19-13-9-14-20-24/h8-9,11-15,17-22H,5-7,10,16H2,1-4H3/b21-15+/t22-/m1/s1. The molecule has 0 aliphatic heterocycles. The summed E-state index contributed by atoms with van der Waals surface area (Å²) in [5, 5.41) is 2.79. The molecule has 1 atom stereocenters. The average Bonchev–Trinajstić information content (AvgIpc) is 2.69. The monoisotopic (exact) mass is 506 g/mol. The molecular formula is C25H35IOSi. The second-order valence-corrected chi connectivity index (χ2v) is 13.6. The van der Waals surface area contributed by atoms with Gasteiger partial charge in [0.15, 0.2) is 0 Å². The van der Waals surface area contributed by atoms with Crippen molar-refractivity contribution in [2.75, 3.05) is 0 Å². The Hall–Kier alpha value is -0.913. The van der Waals surface area contributed by atoms with Gasteiger partial charge in [-0.3, -0.25) is 0 Å². The number of hydrogen-bond donors (Lipinski definition) is 0. The van der Waals surface area contributed by atoms with E-state index in [0.29, 0.717) is 0 Å². The molecule has 0 unspecified atom stereocenters. The predicted octanol–water partition coefficient (Wildman–Crippen LogP) is 6.85. The van der Waals surface area contributed by atoms with Crippen molar-refractivity contribution in [3.63, 3.8) is 0 Å². The van der Waals surface area contributed by atoms with Crippen LogP contribution in [0.25, 0.3) is 0 Å². The molecule has 2 aromatic rings. The summed E-state index contributed by atoms with van der Waals surface area (Å²) in [6, 6.07) is 21.9. The number of benzene rings is 2. The largest absolute Gasteiger partial charge is 0.405 e. The Morgan fingerprint density at radius 1 is 0.893 bits per heavy atom. The Morgan fingerprint density at radius 3 is 1.89 bits per heavy atom. The normalized spacial score (nSPS) is 13.8. The first-order valence-electron chi connectivity index (χ1n) is 10.5. The van der Waals surface area contributed by atoms with Crippen molar-refractivity contribution in [3.05, 3.63) is 70.8 Å². The highest BCUT2D eigenvalue weighted by Gasteiger charge is 2.50. The van der Waals surface area contributed by atoms with Gasteiger partial charge in [-0.2, -0.15) is 0 Å². The second-order valence-electron chi connectivity index (χ2n) is 8.59. The molecule has 28 heavy (non-hydrogen) atoms. The molecule has 0 aliphatic carbocycles. The fraction of sp³-hybridized carbons (Fsp3) is 0.440. The minimum Gasteiger partial charge on any atom is -0.405 e. The van der Waals surface area contributed by atoms with Crippen LogP contribution in [-0.4, -0.2) is 14.4 Å². The lowest BCUT2D eigenvalue weighted by Gasteiger charge is -2.44. The third kappa shape index (κ3) is 6.04. The van der Waals surface area contributed by atoms with Crippen molar-refractivity contribution >= 4 is 41.3 Å². The highest BCUT2D eigenvalue weighted by Crippen LogP contribution is 2.37. The Bertz CT molecular complexity index is 667. The van der Waals surface area contributed by atoms with Gasteiger partial charge in [0.25, 0.3) is 8.32 Å². The molecule has 0 fully saturated rings. The Morgan fingerprint density at radius 2 is 1.43 bits per heavy atom. The zero-order chi connectivity index (χ0) is 20.5. The van der Waals surface area contributed by atoms with Crippen LogP contribution in [0, 0.1) is 0 Å². The molecule has 0 bridgehead atoms. The number of rotatable bonds is 10. The van der Waals surface area contributed by atoms with E-state index in [1.807, 2.05) is 0 Å². The van der Waals surface area contributed by atoms with Crippen LogP contribution in [0.3, 0.4) is 0 Å². The lowest BCUT2D eigenvalue weighted by Crippen LogP contribution is -2.67. The quantitative estimate of drug-likeness (QED) is 0.195. The number of allylic oxidation sites excluding steroid dienone is 1. The smallest absolute Gasteiger partial charge is 0.261 e. The van der Waals surface area contributed by atoms with E-state index in [1.54, 1.807) is 0 Å². The Kier molecular flexibility index (Phi) is 9.45. The van der Waals surface area contributed by atoms with E-state index in [9.17, 15) is 0 Å². The Labute approximate surface area is 186 Å². The van der Waals surface area contributed by atoms with E-state index < -0.39 is 8.32 Å². The van der Waals surface area contributed by atoms with E-state index in [1.165, 1.54) is 36.1 Å². The first-order valence-corrected chi connectivity index (χ1v) is 13.6. The summed E-state index contributed by atoms with van der Waals surface area (Å²) in [5.74, 6) is 0. The topological polar surface area (TPSA) is 9.23 Å². The summed E-state index contributed by atoms with van der Waals surface area (Å²) >= 11 is 2.30. The number of halogens is 1. The maximum Gasteiger partial charge on any atom is 0.261 e. The average molecular weight is 507 g/mol. The minimum absolute atomic E-state index is 0.0506. The number of hydrogen-bond acceptors (Lipinski definition) is 1. The summed E-state index contributed by atoms with van der Waals surface area (Å²) in [4.78, 5) is 0. The molecular weight excluding hydrogens is 471 g/mol.